The molecule has 0 radical (unpaired) electrons. The molecule has 3 aliphatic rings. The molecule has 3 aromatic heterocycles. The predicted octanol–water partition coefficient (Wildman–Crippen LogP) is 4.48. The smallest absolute Gasteiger partial charge is 0.340 e. The van der Waals surface area contributed by atoms with Crippen LogP contribution in [0.3, 0.4) is 0 Å². The van der Waals surface area contributed by atoms with Crippen molar-refractivity contribution in [3.8, 4) is 5.88 Å². The van der Waals surface area contributed by atoms with E-state index in [4.69, 9.17) is 20.2 Å². The van der Waals surface area contributed by atoms with Gasteiger partial charge in [0.2, 0.25) is 5.88 Å². The fourth-order valence-corrected chi connectivity index (χ4v) is 4.77. The first-order valence-electron chi connectivity index (χ1n) is 12.0. The molecule has 0 aromatic carbocycles. The van der Waals surface area contributed by atoms with Crippen molar-refractivity contribution < 1.29 is 14.3 Å². The van der Waals surface area contributed by atoms with Gasteiger partial charge in [0.15, 0.2) is 0 Å². The van der Waals surface area contributed by atoms with Crippen LogP contribution in [-0.2, 0) is 15.7 Å². The number of hydrogen-bond donors (Lipinski definition) is 2. The van der Waals surface area contributed by atoms with Crippen LogP contribution in [-0.4, -0.2) is 33.1 Å². The minimum absolute atomic E-state index is 0.159. The lowest BCUT2D eigenvalue weighted by Gasteiger charge is -2.30. The quantitative estimate of drug-likeness (QED) is 0.519. The van der Waals surface area contributed by atoms with Gasteiger partial charge in [-0.2, -0.15) is 0 Å². The number of carbonyl (C=O) groups is 1. The lowest BCUT2D eigenvalue weighted by atomic mass is 9.88. The zero-order valence-electron chi connectivity index (χ0n) is 19.7. The van der Waals surface area contributed by atoms with E-state index in [9.17, 15) is 4.79 Å². The zero-order valence-corrected chi connectivity index (χ0v) is 19.7. The maximum Gasteiger partial charge on any atom is 0.340 e. The summed E-state index contributed by atoms with van der Waals surface area (Å²) in [5.41, 5.74) is 8.27. The van der Waals surface area contributed by atoms with Crippen molar-refractivity contribution in [2.75, 3.05) is 5.32 Å². The van der Waals surface area contributed by atoms with Crippen molar-refractivity contribution in [3.05, 3.63) is 47.4 Å². The van der Waals surface area contributed by atoms with Crippen molar-refractivity contribution in [1.82, 2.24) is 15.0 Å². The average Bonchev–Trinajstić information content (AvgIpc) is 3.74. The van der Waals surface area contributed by atoms with E-state index < -0.39 is 5.54 Å². The molecule has 8 heteroatoms. The number of aromatic nitrogens is 3. The summed E-state index contributed by atoms with van der Waals surface area (Å²) in [6, 6.07) is 5.58. The molecule has 2 aliphatic carbocycles. The highest BCUT2D eigenvalue weighted by atomic mass is 16.5. The van der Waals surface area contributed by atoms with E-state index in [2.05, 4.69) is 22.2 Å². The molecule has 3 N–H and O–H groups in total. The SMILES string of the molecule is CCC(C)(N)c1cnc(OC2CC2)c2cnc(Nc3ccc4c(n3)C3(CC3)[C@@H](C)OC4=O)cc12. The Morgan fingerprint density at radius 3 is 2.71 bits per heavy atom. The highest BCUT2D eigenvalue weighted by Crippen LogP contribution is 2.54. The van der Waals surface area contributed by atoms with Crippen LogP contribution in [0.5, 0.6) is 5.88 Å². The van der Waals surface area contributed by atoms with Gasteiger partial charge in [-0.1, -0.05) is 6.92 Å². The molecule has 1 aliphatic heterocycles. The second kappa shape index (κ2) is 7.37. The van der Waals surface area contributed by atoms with Gasteiger partial charge >= 0.3 is 5.97 Å². The number of pyridine rings is 3. The minimum atomic E-state index is -0.541. The molecule has 0 saturated heterocycles. The van der Waals surface area contributed by atoms with Crippen LogP contribution >= 0.6 is 0 Å². The van der Waals surface area contributed by atoms with E-state index in [-0.39, 0.29) is 23.6 Å². The summed E-state index contributed by atoms with van der Waals surface area (Å²) in [5, 5.41) is 5.15. The van der Waals surface area contributed by atoms with Crippen LogP contribution in [0.2, 0.25) is 0 Å². The van der Waals surface area contributed by atoms with Gasteiger partial charge in [0.1, 0.15) is 23.8 Å². The molecule has 1 unspecified atom stereocenters. The van der Waals surface area contributed by atoms with Crippen molar-refractivity contribution in [3.63, 3.8) is 0 Å². The van der Waals surface area contributed by atoms with Gasteiger partial charge in [-0.3, -0.25) is 0 Å². The standard InChI is InChI=1S/C26H29N5O3/c1-4-25(3,27)19-13-29-23(34-15-5-6-15)18-12-28-21(11-17(18)19)30-20-8-7-16-22(31-20)26(9-10-26)14(2)33-24(16)32/h7-8,11-15H,4-6,9-10,27H2,1-3H3,(H,28,30,31)/t14-,25?/m1/s1. The van der Waals surface area contributed by atoms with Gasteiger partial charge in [0.05, 0.1) is 22.1 Å². The first-order chi connectivity index (χ1) is 16.3. The topological polar surface area (TPSA) is 112 Å². The zero-order chi connectivity index (χ0) is 23.7. The fraction of sp³-hybridized carbons (Fsp3) is 0.462. The van der Waals surface area contributed by atoms with Crippen LogP contribution in [0.1, 0.15) is 74.5 Å². The Morgan fingerprint density at radius 2 is 2.00 bits per heavy atom. The van der Waals surface area contributed by atoms with Gasteiger partial charge in [-0.05, 0) is 75.1 Å². The highest BCUT2D eigenvalue weighted by Gasteiger charge is 2.56. The molecular formula is C26H29N5O3. The molecule has 8 nitrogen and oxygen atoms in total. The number of esters is 1. The van der Waals surface area contributed by atoms with E-state index in [0.717, 1.165) is 54.1 Å². The second-order valence-corrected chi connectivity index (χ2v) is 10.1. The summed E-state index contributed by atoms with van der Waals surface area (Å²) in [4.78, 5) is 26.4. The van der Waals surface area contributed by atoms with Gasteiger partial charge < -0.3 is 20.5 Å². The summed E-state index contributed by atoms with van der Waals surface area (Å²) in [7, 11) is 0. The number of rotatable bonds is 6. The van der Waals surface area contributed by atoms with E-state index in [0.29, 0.717) is 23.1 Å². The van der Waals surface area contributed by atoms with Crippen molar-refractivity contribution >= 4 is 28.4 Å². The number of carbonyl (C=O) groups excluding carboxylic acids is 1. The third-order valence-corrected chi connectivity index (χ3v) is 7.58. The van der Waals surface area contributed by atoms with Crippen molar-refractivity contribution in [2.24, 2.45) is 5.73 Å². The Morgan fingerprint density at radius 1 is 1.21 bits per heavy atom. The van der Waals surface area contributed by atoms with Gasteiger partial charge in [0.25, 0.3) is 0 Å². The molecule has 2 fully saturated rings. The molecule has 0 bridgehead atoms. The predicted molar refractivity (Wildman–Crippen MR) is 128 cm³/mol. The number of nitrogens with two attached hydrogens (primary N) is 1. The van der Waals surface area contributed by atoms with E-state index in [1.54, 1.807) is 18.3 Å². The number of cyclic esters (lactones) is 1. The Labute approximate surface area is 198 Å². The molecule has 4 heterocycles. The Kier molecular flexibility index (Phi) is 4.61. The molecule has 1 spiro atoms. The number of anilines is 2. The maximum absolute atomic E-state index is 12.4. The van der Waals surface area contributed by atoms with Crippen LogP contribution < -0.4 is 15.8 Å². The van der Waals surface area contributed by atoms with Gasteiger partial charge in [-0.25, -0.2) is 19.7 Å². The molecule has 3 aromatic rings. The van der Waals surface area contributed by atoms with Crippen molar-refractivity contribution in [1.29, 1.82) is 0 Å². The summed E-state index contributed by atoms with van der Waals surface area (Å²) in [6.07, 6.45) is 8.52. The minimum Gasteiger partial charge on any atom is -0.474 e. The van der Waals surface area contributed by atoms with E-state index in [1.807, 2.05) is 26.1 Å². The Balaban J connectivity index is 1.40. The van der Waals surface area contributed by atoms with Crippen LogP contribution in [0, 0.1) is 0 Å². The van der Waals surface area contributed by atoms with Gasteiger partial charge in [-0.15, -0.1) is 0 Å². The van der Waals surface area contributed by atoms with Gasteiger partial charge in [0, 0.05) is 17.9 Å². The molecule has 2 saturated carbocycles. The molecule has 2 atom stereocenters. The number of fused-ring (bicyclic) bond motifs is 3. The Bertz CT molecular complexity index is 1310. The number of hydrogen-bond acceptors (Lipinski definition) is 8. The van der Waals surface area contributed by atoms with E-state index in [1.165, 1.54) is 0 Å². The second-order valence-electron chi connectivity index (χ2n) is 10.1. The number of ether oxygens (including phenoxy) is 2. The summed E-state index contributed by atoms with van der Waals surface area (Å²) in [6.45, 7) is 6.03. The molecule has 6 rings (SSSR count). The van der Waals surface area contributed by atoms with Crippen LogP contribution in [0.25, 0.3) is 10.8 Å². The summed E-state index contributed by atoms with van der Waals surface area (Å²) >= 11 is 0. The lowest BCUT2D eigenvalue weighted by molar-refractivity contribution is 0.0183. The molecule has 176 valence electrons. The Hall–Kier alpha value is -3.26. The number of nitrogens with one attached hydrogen (secondary N) is 1. The van der Waals surface area contributed by atoms with Crippen LogP contribution in [0.4, 0.5) is 11.6 Å². The molecule has 0 amide bonds. The third-order valence-electron chi connectivity index (χ3n) is 7.58. The highest BCUT2D eigenvalue weighted by molar-refractivity contribution is 5.94. The average molecular weight is 460 g/mol. The normalized spacial score (nSPS) is 22.1. The van der Waals surface area contributed by atoms with Crippen molar-refractivity contribution in [2.45, 2.75) is 76.0 Å². The number of nitrogens with zero attached hydrogens (tertiary/aromatic N) is 3. The first kappa shape index (κ1) is 21.3. The lowest BCUT2D eigenvalue weighted by Crippen LogP contribution is -2.36. The summed E-state index contributed by atoms with van der Waals surface area (Å²) in [5.74, 6) is 1.59. The largest absolute Gasteiger partial charge is 0.474 e. The molecule has 34 heavy (non-hydrogen) atoms. The van der Waals surface area contributed by atoms with Crippen LogP contribution in [0.15, 0.2) is 30.6 Å². The van der Waals surface area contributed by atoms with E-state index >= 15 is 0 Å². The fourth-order valence-electron chi connectivity index (χ4n) is 4.77. The summed E-state index contributed by atoms with van der Waals surface area (Å²) < 4.78 is 11.6. The first-order valence-corrected chi connectivity index (χ1v) is 12.0. The third kappa shape index (κ3) is 3.39. The molecular weight excluding hydrogens is 430 g/mol. The maximum atomic E-state index is 12.4. The monoisotopic (exact) mass is 459 g/mol.